The molecule has 2 aromatic heterocycles. The van der Waals surface area contributed by atoms with Crippen LogP contribution in [0.2, 0.25) is 0 Å². The van der Waals surface area contributed by atoms with Gasteiger partial charge >= 0.3 is 11.9 Å². The number of ether oxygens (including phenoxy) is 2. The highest BCUT2D eigenvalue weighted by atomic mass is 32.1. The van der Waals surface area contributed by atoms with Crippen molar-refractivity contribution in [2.45, 2.75) is 0 Å². The van der Waals surface area contributed by atoms with Crippen LogP contribution in [0.5, 0.6) is 17.4 Å². The summed E-state index contributed by atoms with van der Waals surface area (Å²) in [4.78, 5) is 29.3. The number of carbonyl (C=O) groups is 2. The zero-order valence-corrected chi connectivity index (χ0v) is 17.2. The lowest BCUT2D eigenvalue weighted by Gasteiger charge is -2.14. The fourth-order valence-electron chi connectivity index (χ4n) is 2.84. The van der Waals surface area contributed by atoms with Crippen molar-refractivity contribution >= 4 is 41.4 Å². The van der Waals surface area contributed by atoms with Gasteiger partial charge in [-0.05, 0) is 24.3 Å². The van der Waals surface area contributed by atoms with E-state index in [1.165, 1.54) is 19.4 Å². The van der Waals surface area contributed by atoms with Gasteiger partial charge in [-0.2, -0.15) is 0 Å². The summed E-state index contributed by atoms with van der Waals surface area (Å²) in [6.45, 7) is 0. The number of benzene rings is 2. The molecule has 156 valence electrons. The number of nitrogens with zero attached hydrogens (tertiary/aromatic N) is 2. The second kappa shape index (κ2) is 8.80. The molecule has 0 aliphatic heterocycles. The summed E-state index contributed by atoms with van der Waals surface area (Å²) in [5.41, 5.74) is 0.837. The average Bonchev–Trinajstić information content (AvgIpc) is 3.23. The third-order valence-corrected chi connectivity index (χ3v) is 4.63. The van der Waals surface area contributed by atoms with Crippen molar-refractivity contribution in [2.75, 3.05) is 12.4 Å². The monoisotopic (exact) mass is 435 g/mol. The first kappa shape index (κ1) is 20.3. The molecular formula is C22H17N3O5S. The molecule has 9 heteroatoms. The first-order valence-corrected chi connectivity index (χ1v) is 9.55. The molecule has 0 radical (unpaired) electrons. The number of anilines is 1. The Morgan fingerprint density at radius 1 is 1.03 bits per heavy atom. The van der Waals surface area contributed by atoms with Crippen LogP contribution in [0, 0.1) is 0 Å². The van der Waals surface area contributed by atoms with Crippen LogP contribution in [0.25, 0.3) is 11.0 Å². The summed E-state index contributed by atoms with van der Waals surface area (Å²) in [6.07, 6.45) is 1.49. The molecule has 0 aliphatic rings. The van der Waals surface area contributed by atoms with Crippen LogP contribution in [0.1, 0.15) is 10.6 Å². The van der Waals surface area contributed by atoms with Crippen molar-refractivity contribution in [3.05, 3.63) is 78.7 Å². The van der Waals surface area contributed by atoms with Crippen LogP contribution in [0.15, 0.2) is 77.3 Å². The Labute approximate surface area is 182 Å². The van der Waals surface area contributed by atoms with E-state index in [1.807, 2.05) is 30.3 Å². The predicted octanol–water partition coefficient (Wildman–Crippen LogP) is 5.15. The van der Waals surface area contributed by atoms with E-state index in [-0.39, 0.29) is 5.76 Å². The number of amides is 3. The minimum Gasteiger partial charge on any atom is -0.480 e. The van der Waals surface area contributed by atoms with Crippen molar-refractivity contribution in [1.82, 2.24) is 9.29 Å². The second-order valence-corrected chi connectivity index (χ2v) is 6.73. The molecule has 4 rings (SSSR count). The SMILES string of the molecule is COc1nccc2oc(C(=O)N(S)C(=O)Nc3cccc(Oc4ccccc4)c3)cc12. The molecule has 31 heavy (non-hydrogen) atoms. The van der Waals surface area contributed by atoms with Crippen molar-refractivity contribution in [2.24, 2.45) is 0 Å². The summed E-state index contributed by atoms with van der Waals surface area (Å²) in [5.74, 6) is 0.679. The highest BCUT2D eigenvalue weighted by Crippen LogP contribution is 2.28. The van der Waals surface area contributed by atoms with E-state index in [0.29, 0.717) is 38.3 Å². The van der Waals surface area contributed by atoms with Crippen LogP contribution in [0.4, 0.5) is 10.5 Å². The Morgan fingerprint density at radius 3 is 2.58 bits per heavy atom. The smallest absolute Gasteiger partial charge is 0.339 e. The van der Waals surface area contributed by atoms with Crippen molar-refractivity contribution in [3.8, 4) is 17.4 Å². The van der Waals surface area contributed by atoms with Gasteiger partial charge in [0.15, 0.2) is 5.76 Å². The Bertz CT molecular complexity index is 1240. The van der Waals surface area contributed by atoms with E-state index < -0.39 is 11.9 Å². The highest BCUT2D eigenvalue weighted by Gasteiger charge is 2.24. The Hall–Kier alpha value is -3.98. The maximum Gasteiger partial charge on any atom is 0.339 e. The van der Waals surface area contributed by atoms with Crippen LogP contribution in [0.3, 0.4) is 0 Å². The number of hydrogen-bond donors (Lipinski definition) is 2. The predicted molar refractivity (Wildman–Crippen MR) is 118 cm³/mol. The van der Waals surface area contributed by atoms with Gasteiger partial charge in [-0.25, -0.2) is 14.1 Å². The topological polar surface area (TPSA) is 93.9 Å². The standard InChI is InChI=1S/C22H17N3O5S/c1-28-20-17-13-19(30-18(17)10-11-23-20)21(26)25(31)22(27)24-14-6-5-9-16(12-14)29-15-7-3-2-4-8-15/h2-13,31H,1H3,(H,24,27). The summed E-state index contributed by atoms with van der Waals surface area (Å²) < 4.78 is 17.1. The molecule has 0 saturated carbocycles. The lowest BCUT2D eigenvalue weighted by Crippen LogP contribution is -2.32. The second-order valence-electron chi connectivity index (χ2n) is 6.33. The minimum atomic E-state index is -0.754. The Balaban J connectivity index is 1.47. The van der Waals surface area contributed by atoms with Crippen molar-refractivity contribution in [1.29, 1.82) is 0 Å². The number of imide groups is 1. The number of fused-ring (bicyclic) bond motifs is 1. The molecule has 1 N–H and O–H groups in total. The zero-order valence-electron chi connectivity index (χ0n) is 16.3. The van der Waals surface area contributed by atoms with Crippen LogP contribution in [-0.2, 0) is 0 Å². The van der Waals surface area contributed by atoms with Gasteiger partial charge in [0.2, 0.25) is 5.88 Å². The number of furan rings is 1. The number of methoxy groups -OCH3 is 1. The maximum atomic E-state index is 12.7. The van der Waals surface area contributed by atoms with Gasteiger partial charge in [0.25, 0.3) is 0 Å². The zero-order chi connectivity index (χ0) is 21.8. The van der Waals surface area contributed by atoms with Gasteiger partial charge in [-0.3, -0.25) is 4.79 Å². The summed E-state index contributed by atoms with van der Waals surface area (Å²) in [7, 11) is 1.46. The van der Waals surface area contributed by atoms with Gasteiger partial charge in [0.1, 0.15) is 17.1 Å². The van der Waals surface area contributed by atoms with E-state index in [1.54, 1.807) is 30.3 Å². The number of rotatable bonds is 5. The van der Waals surface area contributed by atoms with Gasteiger partial charge < -0.3 is 19.2 Å². The maximum absolute atomic E-state index is 12.7. The lowest BCUT2D eigenvalue weighted by molar-refractivity contribution is 0.0875. The molecule has 0 atom stereocenters. The molecular weight excluding hydrogens is 418 g/mol. The number of nitrogens with one attached hydrogen (secondary N) is 1. The fraction of sp³-hybridized carbons (Fsp3) is 0.0455. The highest BCUT2D eigenvalue weighted by molar-refractivity contribution is 7.79. The number of thiol groups is 1. The number of aromatic nitrogens is 1. The van der Waals surface area contributed by atoms with Crippen molar-refractivity contribution < 1.29 is 23.5 Å². The molecule has 0 unspecified atom stereocenters. The molecule has 0 aliphatic carbocycles. The molecule has 4 aromatic rings. The third-order valence-electron chi connectivity index (χ3n) is 4.26. The number of carbonyl (C=O) groups excluding carboxylic acids is 2. The Kier molecular flexibility index (Phi) is 5.76. The normalized spacial score (nSPS) is 10.5. The fourth-order valence-corrected chi connectivity index (χ4v) is 2.99. The Morgan fingerprint density at radius 2 is 1.81 bits per heavy atom. The molecule has 0 fully saturated rings. The average molecular weight is 435 g/mol. The molecule has 0 bridgehead atoms. The largest absolute Gasteiger partial charge is 0.480 e. The van der Waals surface area contributed by atoms with Crippen LogP contribution < -0.4 is 14.8 Å². The van der Waals surface area contributed by atoms with E-state index in [9.17, 15) is 9.59 Å². The molecule has 3 amide bonds. The molecule has 2 aromatic carbocycles. The number of para-hydroxylation sites is 1. The van der Waals surface area contributed by atoms with Crippen LogP contribution in [-0.4, -0.2) is 28.3 Å². The molecule has 0 spiro atoms. The third kappa shape index (κ3) is 4.46. The van der Waals surface area contributed by atoms with E-state index in [0.717, 1.165) is 0 Å². The van der Waals surface area contributed by atoms with E-state index in [2.05, 4.69) is 23.1 Å². The van der Waals surface area contributed by atoms with Gasteiger partial charge in [-0.1, -0.05) is 37.1 Å². The number of hydrogen-bond acceptors (Lipinski definition) is 7. The molecule has 0 saturated heterocycles. The quantitative estimate of drug-likeness (QED) is 0.421. The minimum absolute atomic E-state index is 0.0763. The first-order chi connectivity index (χ1) is 15.0. The first-order valence-electron chi connectivity index (χ1n) is 9.15. The van der Waals surface area contributed by atoms with Gasteiger partial charge in [0, 0.05) is 30.1 Å². The lowest BCUT2D eigenvalue weighted by atomic mass is 10.3. The molecule has 2 heterocycles. The number of pyridine rings is 1. The van der Waals surface area contributed by atoms with Gasteiger partial charge in [-0.15, -0.1) is 0 Å². The van der Waals surface area contributed by atoms with Crippen molar-refractivity contribution in [3.63, 3.8) is 0 Å². The number of urea groups is 1. The molecule has 8 nitrogen and oxygen atoms in total. The summed E-state index contributed by atoms with van der Waals surface area (Å²) in [5, 5.41) is 3.12. The summed E-state index contributed by atoms with van der Waals surface area (Å²) >= 11 is 4.03. The van der Waals surface area contributed by atoms with Crippen LogP contribution >= 0.6 is 12.8 Å². The van der Waals surface area contributed by atoms with Gasteiger partial charge in [0.05, 0.1) is 12.5 Å². The summed E-state index contributed by atoms with van der Waals surface area (Å²) in [6, 6.07) is 18.3. The van der Waals surface area contributed by atoms with E-state index >= 15 is 0 Å². The van der Waals surface area contributed by atoms with E-state index in [4.69, 9.17) is 13.9 Å².